The van der Waals surface area contributed by atoms with Gasteiger partial charge in [-0.1, -0.05) is 11.6 Å². The first kappa shape index (κ1) is 11.1. The summed E-state index contributed by atoms with van der Waals surface area (Å²) < 4.78 is 13.6. The van der Waals surface area contributed by atoms with Gasteiger partial charge in [0.25, 0.3) is 0 Å². The van der Waals surface area contributed by atoms with Crippen molar-refractivity contribution in [3.05, 3.63) is 46.0 Å². The van der Waals surface area contributed by atoms with Gasteiger partial charge in [-0.15, -0.1) is 11.3 Å². The van der Waals surface area contributed by atoms with Crippen LogP contribution in [0.25, 0.3) is 10.4 Å². The van der Waals surface area contributed by atoms with E-state index < -0.39 is 11.8 Å². The Bertz CT molecular complexity index is 551. The van der Waals surface area contributed by atoms with Crippen molar-refractivity contribution in [1.29, 1.82) is 0 Å². The van der Waals surface area contributed by atoms with E-state index in [0.29, 0.717) is 15.5 Å². The second-order valence-corrected chi connectivity index (χ2v) is 4.42. The van der Waals surface area contributed by atoms with Crippen LogP contribution in [0.2, 0.25) is 5.02 Å². The van der Waals surface area contributed by atoms with Crippen LogP contribution in [-0.2, 0) is 0 Å². The molecule has 5 heteroatoms. The van der Waals surface area contributed by atoms with Gasteiger partial charge in [0.2, 0.25) is 0 Å². The van der Waals surface area contributed by atoms with Gasteiger partial charge in [0.1, 0.15) is 5.82 Å². The van der Waals surface area contributed by atoms with Crippen molar-refractivity contribution >= 4 is 28.9 Å². The van der Waals surface area contributed by atoms with Crippen molar-refractivity contribution in [3.8, 4) is 10.4 Å². The molecule has 0 saturated heterocycles. The first-order chi connectivity index (χ1) is 7.59. The van der Waals surface area contributed by atoms with Crippen LogP contribution in [0, 0.1) is 5.82 Å². The van der Waals surface area contributed by atoms with E-state index in [1.54, 1.807) is 11.4 Å². The SMILES string of the molecule is O=C(O)c1ccc(-c2sccc2Cl)c(F)c1. The van der Waals surface area contributed by atoms with E-state index in [4.69, 9.17) is 16.7 Å². The summed E-state index contributed by atoms with van der Waals surface area (Å²) in [6, 6.07) is 5.45. The van der Waals surface area contributed by atoms with Gasteiger partial charge in [0.15, 0.2) is 0 Å². The first-order valence-electron chi connectivity index (χ1n) is 4.36. The molecule has 1 N–H and O–H groups in total. The summed E-state index contributed by atoms with van der Waals surface area (Å²) in [5.41, 5.74) is 0.249. The molecule has 0 atom stereocenters. The lowest BCUT2D eigenvalue weighted by Gasteiger charge is -2.02. The summed E-state index contributed by atoms with van der Waals surface area (Å²) >= 11 is 7.19. The number of carboxylic acids is 1. The van der Waals surface area contributed by atoms with Crippen LogP contribution in [0.5, 0.6) is 0 Å². The lowest BCUT2D eigenvalue weighted by molar-refractivity contribution is 0.0696. The minimum Gasteiger partial charge on any atom is -0.478 e. The van der Waals surface area contributed by atoms with E-state index in [9.17, 15) is 9.18 Å². The summed E-state index contributed by atoms with van der Waals surface area (Å²) in [6.45, 7) is 0. The van der Waals surface area contributed by atoms with Crippen molar-refractivity contribution in [2.45, 2.75) is 0 Å². The van der Waals surface area contributed by atoms with Crippen molar-refractivity contribution < 1.29 is 14.3 Å². The van der Waals surface area contributed by atoms with E-state index >= 15 is 0 Å². The predicted molar refractivity (Wildman–Crippen MR) is 61.7 cm³/mol. The Hall–Kier alpha value is -1.39. The average Bonchev–Trinajstić information content (AvgIpc) is 2.64. The summed E-state index contributed by atoms with van der Waals surface area (Å²) in [6.07, 6.45) is 0. The molecular weight excluding hydrogens is 251 g/mol. The normalized spacial score (nSPS) is 10.4. The molecule has 2 rings (SSSR count). The van der Waals surface area contributed by atoms with Gasteiger partial charge in [-0.25, -0.2) is 9.18 Å². The Morgan fingerprint density at radius 3 is 2.62 bits per heavy atom. The van der Waals surface area contributed by atoms with Crippen LogP contribution < -0.4 is 0 Å². The largest absolute Gasteiger partial charge is 0.478 e. The number of carboxylic acid groups (broad SMARTS) is 1. The average molecular weight is 257 g/mol. The van der Waals surface area contributed by atoms with Gasteiger partial charge < -0.3 is 5.11 Å². The minimum absolute atomic E-state index is 0.0751. The molecule has 0 saturated carbocycles. The fourth-order valence-electron chi connectivity index (χ4n) is 1.32. The molecule has 0 spiro atoms. The lowest BCUT2D eigenvalue weighted by atomic mass is 10.1. The molecule has 0 aliphatic heterocycles. The highest BCUT2D eigenvalue weighted by atomic mass is 35.5. The Labute approximate surface area is 99.9 Å². The summed E-state index contributed by atoms with van der Waals surface area (Å²) in [7, 11) is 0. The smallest absolute Gasteiger partial charge is 0.335 e. The monoisotopic (exact) mass is 256 g/mol. The van der Waals surface area contributed by atoms with E-state index in [0.717, 1.165) is 6.07 Å². The predicted octanol–water partition coefficient (Wildman–Crippen LogP) is 3.91. The molecule has 16 heavy (non-hydrogen) atoms. The fraction of sp³-hybridized carbons (Fsp3) is 0. The van der Waals surface area contributed by atoms with Crippen LogP contribution in [0.3, 0.4) is 0 Å². The lowest BCUT2D eigenvalue weighted by Crippen LogP contribution is -1.97. The van der Waals surface area contributed by atoms with Gasteiger partial charge in [-0.3, -0.25) is 0 Å². The number of rotatable bonds is 2. The third kappa shape index (κ3) is 1.94. The Kier molecular flexibility index (Phi) is 2.94. The van der Waals surface area contributed by atoms with Crippen LogP contribution in [0.15, 0.2) is 29.6 Å². The summed E-state index contributed by atoms with van der Waals surface area (Å²) in [4.78, 5) is 11.2. The molecule has 0 bridgehead atoms. The molecule has 0 amide bonds. The van der Waals surface area contributed by atoms with Crippen molar-refractivity contribution in [2.75, 3.05) is 0 Å². The molecule has 82 valence electrons. The minimum atomic E-state index is -1.15. The van der Waals surface area contributed by atoms with Crippen molar-refractivity contribution in [3.63, 3.8) is 0 Å². The van der Waals surface area contributed by atoms with Gasteiger partial charge in [0, 0.05) is 5.56 Å². The highest BCUT2D eigenvalue weighted by molar-refractivity contribution is 7.14. The molecule has 0 radical (unpaired) electrons. The molecule has 1 heterocycles. The number of hydrogen-bond acceptors (Lipinski definition) is 2. The van der Waals surface area contributed by atoms with Crippen molar-refractivity contribution in [1.82, 2.24) is 0 Å². The Morgan fingerprint density at radius 1 is 1.38 bits per heavy atom. The fourth-order valence-corrected chi connectivity index (χ4v) is 2.50. The zero-order chi connectivity index (χ0) is 11.7. The zero-order valence-corrected chi connectivity index (χ0v) is 9.48. The second kappa shape index (κ2) is 4.23. The quantitative estimate of drug-likeness (QED) is 0.885. The van der Waals surface area contributed by atoms with E-state index in [2.05, 4.69) is 0 Å². The van der Waals surface area contributed by atoms with Crippen LogP contribution >= 0.6 is 22.9 Å². The number of benzene rings is 1. The molecular formula is C11H6ClFO2S. The van der Waals surface area contributed by atoms with Crippen LogP contribution in [0.4, 0.5) is 4.39 Å². The Balaban J connectivity index is 2.52. The standard InChI is InChI=1S/C11H6ClFO2S/c12-8-3-4-16-10(8)7-2-1-6(11(14)15)5-9(7)13/h1-5H,(H,14,15). The molecule has 0 aliphatic rings. The number of aromatic carboxylic acids is 1. The van der Waals surface area contributed by atoms with E-state index in [-0.39, 0.29) is 5.56 Å². The van der Waals surface area contributed by atoms with Gasteiger partial charge in [-0.2, -0.15) is 0 Å². The molecule has 1 aromatic heterocycles. The highest BCUT2D eigenvalue weighted by Gasteiger charge is 2.12. The van der Waals surface area contributed by atoms with Crippen molar-refractivity contribution in [2.24, 2.45) is 0 Å². The number of thiophene rings is 1. The zero-order valence-electron chi connectivity index (χ0n) is 7.91. The highest BCUT2D eigenvalue weighted by Crippen LogP contribution is 2.34. The maximum absolute atomic E-state index is 13.6. The van der Waals surface area contributed by atoms with Gasteiger partial charge in [-0.05, 0) is 29.6 Å². The maximum atomic E-state index is 13.6. The number of carbonyl (C=O) groups is 1. The number of halogens is 2. The molecule has 0 aliphatic carbocycles. The summed E-state index contributed by atoms with van der Waals surface area (Å²) in [5, 5.41) is 10.9. The Morgan fingerprint density at radius 2 is 2.12 bits per heavy atom. The molecule has 0 fully saturated rings. The maximum Gasteiger partial charge on any atom is 0.335 e. The van der Waals surface area contributed by atoms with E-state index in [1.807, 2.05) is 0 Å². The van der Waals surface area contributed by atoms with Crippen LogP contribution in [0.1, 0.15) is 10.4 Å². The van der Waals surface area contributed by atoms with Crippen LogP contribution in [-0.4, -0.2) is 11.1 Å². The molecule has 2 aromatic rings. The molecule has 2 nitrogen and oxygen atoms in total. The van der Waals surface area contributed by atoms with Gasteiger partial charge >= 0.3 is 5.97 Å². The number of hydrogen-bond donors (Lipinski definition) is 1. The van der Waals surface area contributed by atoms with Gasteiger partial charge in [0.05, 0.1) is 15.5 Å². The topological polar surface area (TPSA) is 37.3 Å². The summed E-state index contributed by atoms with van der Waals surface area (Å²) in [5.74, 6) is -1.73. The van der Waals surface area contributed by atoms with E-state index in [1.165, 1.54) is 23.5 Å². The molecule has 0 unspecified atom stereocenters. The third-order valence-electron chi connectivity index (χ3n) is 2.08. The third-order valence-corrected chi connectivity index (χ3v) is 3.45. The first-order valence-corrected chi connectivity index (χ1v) is 5.61. The second-order valence-electron chi connectivity index (χ2n) is 3.10. The molecule has 1 aromatic carbocycles.